The van der Waals surface area contributed by atoms with Gasteiger partial charge >= 0.3 is 0 Å². The molecule has 0 aliphatic heterocycles. The van der Waals surface area contributed by atoms with Gasteiger partial charge in [0.1, 0.15) is 11.5 Å². The summed E-state index contributed by atoms with van der Waals surface area (Å²) in [5, 5.41) is 3.00. The lowest BCUT2D eigenvalue weighted by Gasteiger charge is -2.16. The number of hydrogen-bond acceptors (Lipinski definition) is 3. The van der Waals surface area contributed by atoms with Gasteiger partial charge in [-0.1, -0.05) is 13.8 Å². The van der Waals surface area contributed by atoms with Crippen molar-refractivity contribution in [1.29, 1.82) is 0 Å². The lowest BCUT2D eigenvalue weighted by atomic mass is 10.0. The molecule has 1 amide bonds. The fraction of sp³-hybridized carbons (Fsp3) is 0.562. The summed E-state index contributed by atoms with van der Waals surface area (Å²) in [5.74, 6) is 1.73. The van der Waals surface area contributed by atoms with E-state index in [1.54, 1.807) is 32.4 Å². The van der Waals surface area contributed by atoms with Crippen molar-refractivity contribution in [1.82, 2.24) is 5.32 Å². The summed E-state index contributed by atoms with van der Waals surface area (Å²) in [6, 6.07) is 5.35. The molecule has 0 bridgehead atoms. The molecule has 4 nitrogen and oxygen atoms in total. The van der Waals surface area contributed by atoms with Gasteiger partial charge in [0.2, 0.25) is 0 Å². The van der Waals surface area contributed by atoms with E-state index in [1.807, 2.05) is 6.92 Å². The van der Waals surface area contributed by atoms with Crippen LogP contribution in [0.25, 0.3) is 0 Å². The molecule has 0 aliphatic carbocycles. The van der Waals surface area contributed by atoms with Crippen LogP contribution in [0, 0.1) is 5.92 Å². The van der Waals surface area contributed by atoms with E-state index in [9.17, 15) is 4.79 Å². The Bertz CT molecular complexity index is 443. The Kier molecular flexibility index (Phi) is 6.36. The molecule has 0 heterocycles. The van der Waals surface area contributed by atoms with Crippen LogP contribution >= 0.6 is 0 Å². The zero-order valence-corrected chi connectivity index (χ0v) is 13.0. The second-order valence-electron chi connectivity index (χ2n) is 5.41. The highest BCUT2D eigenvalue weighted by atomic mass is 16.5. The van der Waals surface area contributed by atoms with E-state index in [0.29, 0.717) is 23.0 Å². The predicted molar refractivity (Wildman–Crippen MR) is 80.5 cm³/mol. The van der Waals surface area contributed by atoms with Gasteiger partial charge in [-0.05, 0) is 37.8 Å². The zero-order chi connectivity index (χ0) is 15.1. The van der Waals surface area contributed by atoms with E-state index in [4.69, 9.17) is 9.47 Å². The molecule has 1 unspecified atom stereocenters. The summed E-state index contributed by atoms with van der Waals surface area (Å²) in [6.07, 6.45) is 2.07. The van der Waals surface area contributed by atoms with Crippen molar-refractivity contribution in [2.75, 3.05) is 14.2 Å². The van der Waals surface area contributed by atoms with Gasteiger partial charge < -0.3 is 14.8 Å². The highest BCUT2D eigenvalue weighted by Crippen LogP contribution is 2.24. The maximum absolute atomic E-state index is 12.2. The average molecular weight is 279 g/mol. The van der Waals surface area contributed by atoms with E-state index in [2.05, 4.69) is 19.2 Å². The number of benzene rings is 1. The first-order chi connectivity index (χ1) is 9.47. The summed E-state index contributed by atoms with van der Waals surface area (Å²) in [4.78, 5) is 12.2. The molecule has 1 N–H and O–H groups in total. The van der Waals surface area contributed by atoms with Gasteiger partial charge in [0.15, 0.2) is 0 Å². The molecule has 0 radical (unpaired) electrons. The van der Waals surface area contributed by atoms with Crippen LogP contribution < -0.4 is 14.8 Å². The van der Waals surface area contributed by atoms with E-state index in [0.717, 1.165) is 12.8 Å². The summed E-state index contributed by atoms with van der Waals surface area (Å²) in [6.45, 7) is 6.39. The van der Waals surface area contributed by atoms with E-state index in [-0.39, 0.29) is 11.9 Å². The fourth-order valence-electron chi connectivity index (χ4n) is 1.94. The molecule has 0 saturated heterocycles. The lowest BCUT2D eigenvalue weighted by Crippen LogP contribution is -2.33. The second kappa shape index (κ2) is 7.78. The van der Waals surface area contributed by atoms with E-state index >= 15 is 0 Å². The number of carbonyl (C=O) groups is 1. The van der Waals surface area contributed by atoms with Crippen LogP contribution in [0.3, 0.4) is 0 Å². The summed E-state index contributed by atoms with van der Waals surface area (Å²) >= 11 is 0. The van der Waals surface area contributed by atoms with E-state index in [1.165, 1.54) is 0 Å². The molecular formula is C16H25NO3. The van der Waals surface area contributed by atoms with Crippen LogP contribution in [0.1, 0.15) is 44.0 Å². The number of methoxy groups -OCH3 is 2. The van der Waals surface area contributed by atoms with Crippen LogP contribution in [0.5, 0.6) is 11.5 Å². The summed E-state index contributed by atoms with van der Waals surface area (Å²) < 4.78 is 10.4. The van der Waals surface area contributed by atoms with Crippen molar-refractivity contribution in [2.24, 2.45) is 5.92 Å². The molecular weight excluding hydrogens is 254 g/mol. The van der Waals surface area contributed by atoms with Crippen molar-refractivity contribution >= 4 is 5.91 Å². The van der Waals surface area contributed by atoms with Crippen LogP contribution in [-0.2, 0) is 0 Å². The van der Waals surface area contributed by atoms with Gasteiger partial charge in [0, 0.05) is 12.1 Å². The molecule has 112 valence electrons. The summed E-state index contributed by atoms with van der Waals surface area (Å²) in [5.41, 5.74) is 0.532. The third-order valence-corrected chi connectivity index (χ3v) is 3.21. The maximum atomic E-state index is 12.2. The molecule has 1 aromatic carbocycles. The largest absolute Gasteiger partial charge is 0.497 e. The molecule has 0 aromatic heterocycles. The fourth-order valence-corrected chi connectivity index (χ4v) is 1.94. The van der Waals surface area contributed by atoms with Gasteiger partial charge in [0.25, 0.3) is 5.91 Å². The highest BCUT2D eigenvalue weighted by Gasteiger charge is 2.15. The van der Waals surface area contributed by atoms with Crippen molar-refractivity contribution in [3.8, 4) is 11.5 Å². The number of carbonyl (C=O) groups excluding carboxylic acids is 1. The van der Waals surface area contributed by atoms with Gasteiger partial charge in [0.05, 0.1) is 19.8 Å². The number of nitrogens with one attached hydrogen (secondary N) is 1. The Morgan fingerprint density at radius 2 is 1.85 bits per heavy atom. The Hall–Kier alpha value is -1.71. The van der Waals surface area contributed by atoms with Gasteiger partial charge in [-0.2, -0.15) is 0 Å². The normalized spacial score (nSPS) is 12.1. The first-order valence-corrected chi connectivity index (χ1v) is 7.00. The molecule has 1 aromatic rings. The minimum absolute atomic E-state index is 0.110. The van der Waals surface area contributed by atoms with Crippen LogP contribution in [0.15, 0.2) is 18.2 Å². The molecule has 1 atom stereocenters. The molecule has 4 heteroatoms. The lowest BCUT2D eigenvalue weighted by molar-refractivity contribution is 0.0934. The Morgan fingerprint density at radius 1 is 1.15 bits per heavy atom. The minimum Gasteiger partial charge on any atom is -0.497 e. The number of rotatable bonds is 7. The Balaban J connectivity index is 2.71. The van der Waals surface area contributed by atoms with E-state index < -0.39 is 0 Å². The van der Waals surface area contributed by atoms with Crippen molar-refractivity contribution in [2.45, 2.75) is 39.7 Å². The molecule has 0 aliphatic rings. The first-order valence-electron chi connectivity index (χ1n) is 7.00. The first kappa shape index (κ1) is 16.3. The highest BCUT2D eigenvalue weighted by molar-refractivity contribution is 5.97. The maximum Gasteiger partial charge on any atom is 0.255 e. The second-order valence-corrected chi connectivity index (χ2v) is 5.41. The third kappa shape index (κ3) is 4.76. The Labute approximate surface area is 121 Å². The Morgan fingerprint density at radius 3 is 2.40 bits per heavy atom. The van der Waals surface area contributed by atoms with Crippen LogP contribution in [-0.4, -0.2) is 26.2 Å². The number of amides is 1. The number of ether oxygens (including phenoxy) is 2. The molecule has 0 fully saturated rings. The SMILES string of the molecule is COc1ccc(C(=O)NC(C)CCC(C)C)c(OC)c1. The van der Waals surface area contributed by atoms with Crippen molar-refractivity contribution in [3.05, 3.63) is 23.8 Å². The quantitative estimate of drug-likeness (QED) is 0.833. The predicted octanol–water partition coefficient (Wildman–Crippen LogP) is 3.26. The van der Waals surface area contributed by atoms with Crippen LogP contribution in [0.2, 0.25) is 0 Å². The zero-order valence-electron chi connectivity index (χ0n) is 13.0. The van der Waals surface area contributed by atoms with Gasteiger partial charge in [-0.3, -0.25) is 4.79 Å². The standard InChI is InChI=1S/C16H25NO3/c1-11(2)6-7-12(3)17-16(18)14-9-8-13(19-4)10-15(14)20-5/h8-12H,6-7H2,1-5H3,(H,17,18). The average Bonchev–Trinajstić information content (AvgIpc) is 2.44. The van der Waals surface area contributed by atoms with Gasteiger partial charge in [-0.25, -0.2) is 0 Å². The summed E-state index contributed by atoms with van der Waals surface area (Å²) in [7, 11) is 3.14. The molecule has 0 spiro atoms. The topological polar surface area (TPSA) is 47.6 Å². The number of hydrogen-bond donors (Lipinski definition) is 1. The molecule has 1 rings (SSSR count). The van der Waals surface area contributed by atoms with Gasteiger partial charge in [-0.15, -0.1) is 0 Å². The molecule has 20 heavy (non-hydrogen) atoms. The smallest absolute Gasteiger partial charge is 0.255 e. The minimum atomic E-state index is -0.110. The van der Waals surface area contributed by atoms with Crippen LogP contribution in [0.4, 0.5) is 0 Å². The van der Waals surface area contributed by atoms with Crippen molar-refractivity contribution < 1.29 is 14.3 Å². The molecule has 0 saturated carbocycles. The monoisotopic (exact) mass is 279 g/mol. The van der Waals surface area contributed by atoms with Crippen molar-refractivity contribution in [3.63, 3.8) is 0 Å². The third-order valence-electron chi connectivity index (χ3n) is 3.21.